The second-order valence-electron chi connectivity index (χ2n) is 6.34. The van der Waals surface area contributed by atoms with E-state index in [9.17, 15) is 13.6 Å². The van der Waals surface area contributed by atoms with Crippen LogP contribution < -0.4 is 5.32 Å². The van der Waals surface area contributed by atoms with Gasteiger partial charge < -0.3 is 5.32 Å². The molecule has 6 heteroatoms. The molecular weight excluding hydrogens is 318 g/mol. The Hall–Kier alpha value is -1.14. The van der Waals surface area contributed by atoms with E-state index in [1.165, 1.54) is 24.0 Å². The SMILES string of the molecule is O=C(NCC1CCN([C@@H]2CCSC2)CC1)c1ccc(F)c(F)c1. The van der Waals surface area contributed by atoms with Crippen LogP contribution >= 0.6 is 11.8 Å². The second-order valence-corrected chi connectivity index (χ2v) is 7.49. The summed E-state index contributed by atoms with van der Waals surface area (Å²) < 4.78 is 26.1. The van der Waals surface area contributed by atoms with Crippen LogP contribution in [-0.4, -0.2) is 48.0 Å². The number of thioether (sulfide) groups is 1. The largest absolute Gasteiger partial charge is 0.352 e. The van der Waals surface area contributed by atoms with Crippen molar-refractivity contribution in [1.82, 2.24) is 10.2 Å². The zero-order valence-electron chi connectivity index (χ0n) is 13.1. The molecule has 2 aliphatic heterocycles. The third kappa shape index (κ3) is 4.23. The van der Waals surface area contributed by atoms with Crippen molar-refractivity contribution in [1.29, 1.82) is 0 Å². The van der Waals surface area contributed by atoms with E-state index >= 15 is 0 Å². The highest BCUT2D eigenvalue weighted by molar-refractivity contribution is 7.99. The van der Waals surface area contributed by atoms with E-state index < -0.39 is 11.6 Å². The number of likely N-dealkylation sites (tertiary alicyclic amines) is 1. The molecular formula is C17H22F2N2OS. The molecule has 3 nitrogen and oxygen atoms in total. The summed E-state index contributed by atoms with van der Waals surface area (Å²) in [6, 6.07) is 3.99. The van der Waals surface area contributed by atoms with Crippen LogP contribution in [0.4, 0.5) is 8.78 Å². The molecule has 0 radical (unpaired) electrons. The van der Waals surface area contributed by atoms with E-state index in [0.717, 1.165) is 44.1 Å². The molecule has 1 atom stereocenters. The van der Waals surface area contributed by atoms with Gasteiger partial charge in [-0.3, -0.25) is 9.69 Å². The van der Waals surface area contributed by atoms with Gasteiger partial charge in [-0.25, -0.2) is 8.78 Å². The van der Waals surface area contributed by atoms with Crippen LogP contribution in [0.2, 0.25) is 0 Å². The smallest absolute Gasteiger partial charge is 0.251 e. The fourth-order valence-electron chi connectivity index (χ4n) is 3.31. The van der Waals surface area contributed by atoms with Crippen LogP contribution in [0.25, 0.3) is 0 Å². The van der Waals surface area contributed by atoms with Crippen LogP contribution in [0.3, 0.4) is 0 Å². The number of piperidine rings is 1. The fourth-order valence-corrected chi connectivity index (χ4v) is 4.56. The van der Waals surface area contributed by atoms with Gasteiger partial charge in [0, 0.05) is 23.9 Å². The summed E-state index contributed by atoms with van der Waals surface area (Å²) >= 11 is 2.03. The predicted octanol–water partition coefficient (Wildman–Crippen LogP) is 2.91. The van der Waals surface area contributed by atoms with Gasteiger partial charge in [0.15, 0.2) is 11.6 Å². The van der Waals surface area contributed by atoms with Gasteiger partial charge in [-0.1, -0.05) is 0 Å². The highest BCUT2D eigenvalue weighted by Crippen LogP contribution is 2.26. The van der Waals surface area contributed by atoms with Gasteiger partial charge in [0.25, 0.3) is 5.91 Å². The third-order valence-corrected chi connectivity index (χ3v) is 5.95. The van der Waals surface area contributed by atoms with Crippen LogP contribution in [0.15, 0.2) is 18.2 Å². The van der Waals surface area contributed by atoms with Crippen molar-refractivity contribution < 1.29 is 13.6 Å². The van der Waals surface area contributed by atoms with Gasteiger partial charge in [0.2, 0.25) is 0 Å². The lowest BCUT2D eigenvalue weighted by molar-refractivity contribution is 0.0927. The van der Waals surface area contributed by atoms with Crippen molar-refractivity contribution in [3.05, 3.63) is 35.4 Å². The number of rotatable bonds is 4. The first-order chi connectivity index (χ1) is 11.1. The third-order valence-electron chi connectivity index (χ3n) is 4.80. The summed E-state index contributed by atoms with van der Waals surface area (Å²) in [7, 11) is 0. The maximum atomic E-state index is 13.2. The van der Waals surface area contributed by atoms with Crippen molar-refractivity contribution in [2.75, 3.05) is 31.1 Å². The van der Waals surface area contributed by atoms with Gasteiger partial charge >= 0.3 is 0 Å². The van der Waals surface area contributed by atoms with Gasteiger partial charge in [-0.05, 0) is 62.2 Å². The van der Waals surface area contributed by atoms with Crippen molar-refractivity contribution >= 4 is 17.7 Å². The lowest BCUT2D eigenvalue weighted by Gasteiger charge is -2.35. The van der Waals surface area contributed by atoms with Gasteiger partial charge in [-0.2, -0.15) is 11.8 Å². The molecule has 2 aliphatic rings. The van der Waals surface area contributed by atoms with Crippen molar-refractivity contribution in [2.24, 2.45) is 5.92 Å². The summed E-state index contributed by atoms with van der Waals surface area (Å²) in [5.74, 6) is 0.735. The highest BCUT2D eigenvalue weighted by Gasteiger charge is 2.27. The van der Waals surface area contributed by atoms with E-state index in [4.69, 9.17) is 0 Å². The first-order valence-corrected chi connectivity index (χ1v) is 9.34. The Bertz CT molecular complexity index is 556. The molecule has 2 fully saturated rings. The number of nitrogens with zero attached hydrogens (tertiary/aromatic N) is 1. The Balaban J connectivity index is 1.44. The normalized spacial score (nSPS) is 23.1. The first-order valence-electron chi connectivity index (χ1n) is 8.18. The molecule has 0 aliphatic carbocycles. The van der Waals surface area contributed by atoms with Crippen LogP contribution in [0, 0.1) is 17.6 Å². The second kappa shape index (κ2) is 7.62. The van der Waals surface area contributed by atoms with Crippen molar-refractivity contribution in [2.45, 2.75) is 25.3 Å². The summed E-state index contributed by atoms with van der Waals surface area (Å²) in [4.78, 5) is 14.6. The summed E-state index contributed by atoms with van der Waals surface area (Å²) in [6.07, 6.45) is 3.46. The number of halogens is 2. The maximum Gasteiger partial charge on any atom is 0.251 e. The van der Waals surface area contributed by atoms with E-state index in [0.29, 0.717) is 12.5 Å². The average Bonchev–Trinajstić information content (AvgIpc) is 3.10. The Labute approximate surface area is 139 Å². The summed E-state index contributed by atoms with van der Waals surface area (Å²) in [5.41, 5.74) is 0.171. The standard InChI is InChI=1S/C17H22F2N2OS/c18-15-2-1-13(9-16(15)19)17(22)20-10-12-3-6-21(7-4-12)14-5-8-23-11-14/h1-2,9,12,14H,3-8,10-11H2,(H,20,22)/t14-/m1/s1. The average molecular weight is 340 g/mol. The molecule has 3 rings (SSSR count). The lowest BCUT2D eigenvalue weighted by Crippen LogP contribution is -2.43. The van der Waals surface area contributed by atoms with Crippen LogP contribution in [0.5, 0.6) is 0 Å². The topological polar surface area (TPSA) is 32.3 Å². The number of benzene rings is 1. The maximum absolute atomic E-state index is 13.2. The van der Waals surface area contributed by atoms with Gasteiger partial charge in [-0.15, -0.1) is 0 Å². The van der Waals surface area contributed by atoms with E-state index in [2.05, 4.69) is 10.2 Å². The number of amides is 1. The van der Waals surface area contributed by atoms with Crippen molar-refractivity contribution in [3.63, 3.8) is 0 Å². The Morgan fingerprint density at radius 2 is 2.00 bits per heavy atom. The Morgan fingerprint density at radius 1 is 1.22 bits per heavy atom. The molecule has 0 aromatic heterocycles. The molecule has 23 heavy (non-hydrogen) atoms. The highest BCUT2D eigenvalue weighted by atomic mass is 32.2. The molecule has 1 N–H and O–H groups in total. The Morgan fingerprint density at radius 3 is 2.65 bits per heavy atom. The fraction of sp³-hybridized carbons (Fsp3) is 0.588. The molecule has 0 spiro atoms. The number of carbonyl (C=O) groups excluding carboxylic acids is 1. The van der Waals surface area contributed by atoms with E-state index in [1.807, 2.05) is 11.8 Å². The number of hydrogen-bond acceptors (Lipinski definition) is 3. The van der Waals surface area contributed by atoms with Crippen molar-refractivity contribution in [3.8, 4) is 0 Å². The van der Waals surface area contributed by atoms with Gasteiger partial charge in [0.05, 0.1) is 0 Å². The molecule has 2 saturated heterocycles. The van der Waals surface area contributed by atoms with Gasteiger partial charge in [0.1, 0.15) is 0 Å². The van der Waals surface area contributed by atoms with Crippen LogP contribution in [-0.2, 0) is 0 Å². The molecule has 0 bridgehead atoms. The first kappa shape index (κ1) is 16.7. The quantitative estimate of drug-likeness (QED) is 0.915. The molecule has 1 amide bonds. The zero-order chi connectivity index (χ0) is 16.2. The predicted molar refractivity (Wildman–Crippen MR) is 88.7 cm³/mol. The Kier molecular flexibility index (Phi) is 5.54. The summed E-state index contributed by atoms with van der Waals surface area (Å²) in [6.45, 7) is 2.79. The lowest BCUT2D eigenvalue weighted by atomic mass is 9.95. The van der Waals surface area contributed by atoms with E-state index in [-0.39, 0.29) is 11.5 Å². The number of carbonyl (C=O) groups is 1. The minimum atomic E-state index is -0.986. The number of nitrogens with one attached hydrogen (secondary N) is 1. The molecule has 0 saturated carbocycles. The molecule has 0 unspecified atom stereocenters. The minimum absolute atomic E-state index is 0.171. The minimum Gasteiger partial charge on any atom is -0.352 e. The molecule has 126 valence electrons. The van der Waals surface area contributed by atoms with E-state index in [1.54, 1.807) is 0 Å². The molecule has 1 aromatic carbocycles. The monoisotopic (exact) mass is 340 g/mol. The summed E-state index contributed by atoms with van der Waals surface area (Å²) in [5, 5.41) is 2.85. The molecule has 1 aromatic rings. The van der Waals surface area contributed by atoms with Crippen LogP contribution in [0.1, 0.15) is 29.6 Å². The molecule has 2 heterocycles. The number of hydrogen-bond donors (Lipinski definition) is 1. The zero-order valence-corrected chi connectivity index (χ0v) is 13.9.